The van der Waals surface area contributed by atoms with Crippen LogP contribution in [0.1, 0.15) is 24.2 Å². The molecular formula is C17H16N2O2. The van der Waals surface area contributed by atoms with Crippen molar-refractivity contribution in [1.29, 1.82) is 0 Å². The van der Waals surface area contributed by atoms with Crippen molar-refractivity contribution in [3.63, 3.8) is 0 Å². The quantitative estimate of drug-likeness (QED) is 0.919. The lowest BCUT2D eigenvalue weighted by atomic mass is 9.96. The number of nitrogens with one attached hydrogen (secondary N) is 1. The molecule has 21 heavy (non-hydrogen) atoms. The zero-order chi connectivity index (χ0) is 15.0. The number of para-hydroxylation sites is 2. The van der Waals surface area contributed by atoms with E-state index in [2.05, 4.69) is 5.32 Å². The van der Waals surface area contributed by atoms with Crippen molar-refractivity contribution in [2.24, 2.45) is 0 Å². The highest BCUT2D eigenvalue weighted by atomic mass is 16.2. The number of carbonyl (C=O) groups excluding carboxylic acids is 2. The second-order valence-corrected chi connectivity index (χ2v) is 5.28. The van der Waals surface area contributed by atoms with Crippen LogP contribution in [0.5, 0.6) is 0 Å². The summed E-state index contributed by atoms with van der Waals surface area (Å²) in [6.07, 6.45) is 0. The fraction of sp³-hybridized carbons (Fsp3) is 0.176. The standard InChI is InChI=1S/C17H16N2O2/c1-12(20)17(2)18-15-11-7-6-10-14(15)16(21)19(17)13-8-4-3-5-9-13/h3-11,18H,1-2H3. The number of Topliss-reactive ketones (excluding diaryl/α,β-unsaturated/α-hetero) is 1. The van der Waals surface area contributed by atoms with Gasteiger partial charge in [-0.15, -0.1) is 0 Å². The lowest BCUT2D eigenvalue weighted by molar-refractivity contribution is -0.120. The van der Waals surface area contributed by atoms with Crippen LogP contribution in [0.4, 0.5) is 11.4 Å². The number of rotatable bonds is 2. The molecule has 1 aliphatic heterocycles. The highest BCUT2D eigenvalue weighted by molar-refractivity contribution is 6.17. The van der Waals surface area contributed by atoms with Crippen molar-refractivity contribution in [3.8, 4) is 0 Å². The predicted octanol–water partition coefficient (Wildman–Crippen LogP) is 3.06. The Morgan fingerprint density at radius 3 is 2.33 bits per heavy atom. The number of fused-ring (bicyclic) bond motifs is 1. The van der Waals surface area contributed by atoms with E-state index < -0.39 is 5.66 Å². The molecule has 106 valence electrons. The van der Waals surface area contributed by atoms with Crippen LogP contribution < -0.4 is 10.2 Å². The van der Waals surface area contributed by atoms with E-state index in [9.17, 15) is 9.59 Å². The van der Waals surface area contributed by atoms with Crippen molar-refractivity contribution < 1.29 is 9.59 Å². The van der Waals surface area contributed by atoms with Gasteiger partial charge in [-0.2, -0.15) is 0 Å². The van der Waals surface area contributed by atoms with Crippen LogP contribution in [-0.4, -0.2) is 17.4 Å². The van der Waals surface area contributed by atoms with E-state index in [4.69, 9.17) is 0 Å². The van der Waals surface area contributed by atoms with Gasteiger partial charge in [0.05, 0.1) is 5.56 Å². The summed E-state index contributed by atoms with van der Waals surface area (Å²) in [5, 5.41) is 3.21. The van der Waals surface area contributed by atoms with Crippen LogP contribution in [0.3, 0.4) is 0 Å². The average Bonchev–Trinajstić information content (AvgIpc) is 2.48. The summed E-state index contributed by atoms with van der Waals surface area (Å²) < 4.78 is 0. The summed E-state index contributed by atoms with van der Waals surface area (Å²) in [6.45, 7) is 3.22. The fourth-order valence-electron chi connectivity index (χ4n) is 2.62. The molecular weight excluding hydrogens is 264 g/mol. The third-order valence-electron chi connectivity index (χ3n) is 3.89. The normalized spacial score (nSPS) is 20.7. The number of ketones is 1. The van der Waals surface area contributed by atoms with Crippen LogP contribution in [0.25, 0.3) is 0 Å². The minimum absolute atomic E-state index is 0.116. The topological polar surface area (TPSA) is 49.4 Å². The summed E-state index contributed by atoms with van der Waals surface area (Å²) >= 11 is 0. The second kappa shape index (κ2) is 4.74. The second-order valence-electron chi connectivity index (χ2n) is 5.28. The summed E-state index contributed by atoms with van der Waals surface area (Å²) in [4.78, 5) is 26.6. The zero-order valence-corrected chi connectivity index (χ0v) is 12.0. The van der Waals surface area contributed by atoms with Gasteiger partial charge in [-0.1, -0.05) is 30.3 Å². The van der Waals surface area contributed by atoms with Crippen molar-refractivity contribution in [2.75, 3.05) is 10.2 Å². The van der Waals surface area contributed by atoms with Gasteiger partial charge < -0.3 is 5.32 Å². The molecule has 0 saturated carbocycles. The van der Waals surface area contributed by atoms with Crippen LogP contribution in [0, 0.1) is 0 Å². The van der Waals surface area contributed by atoms with Crippen molar-refractivity contribution >= 4 is 23.1 Å². The fourth-order valence-corrected chi connectivity index (χ4v) is 2.62. The Morgan fingerprint density at radius 2 is 1.67 bits per heavy atom. The van der Waals surface area contributed by atoms with Gasteiger partial charge in [0.25, 0.3) is 5.91 Å². The summed E-state index contributed by atoms with van der Waals surface area (Å²) in [5.41, 5.74) is 0.863. The number of anilines is 2. The third-order valence-corrected chi connectivity index (χ3v) is 3.89. The van der Waals surface area contributed by atoms with Gasteiger partial charge in [0.1, 0.15) is 0 Å². The van der Waals surface area contributed by atoms with Crippen LogP contribution >= 0.6 is 0 Å². The number of hydrogen-bond donors (Lipinski definition) is 1. The highest BCUT2D eigenvalue weighted by Crippen LogP contribution is 2.35. The predicted molar refractivity (Wildman–Crippen MR) is 82.4 cm³/mol. The Bertz CT molecular complexity index is 712. The summed E-state index contributed by atoms with van der Waals surface area (Å²) in [5.74, 6) is -0.289. The zero-order valence-electron chi connectivity index (χ0n) is 12.0. The van der Waals surface area contributed by atoms with E-state index >= 15 is 0 Å². The molecule has 4 nitrogen and oxygen atoms in total. The lowest BCUT2D eigenvalue weighted by Gasteiger charge is -2.44. The third kappa shape index (κ3) is 2.00. The first kappa shape index (κ1) is 13.4. The van der Waals surface area contributed by atoms with Gasteiger partial charge in [0.2, 0.25) is 0 Å². The summed E-state index contributed by atoms with van der Waals surface area (Å²) in [7, 11) is 0. The van der Waals surface area contributed by atoms with Gasteiger partial charge in [0.15, 0.2) is 11.4 Å². The minimum atomic E-state index is -1.09. The largest absolute Gasteiger partial charge is 0.356 e. The van der Waals surface area contributed by atoms with Gasteiger partial charge in [-0.3, -0.25) is 14.5 Å². The minimum Gasteiger partial charge on any atom is -0.356 e. The lowest BCUT2D eigenvalue weighted by Crippen LogP contribution is -2.62. The van der Waals surface area contributed by atoms with Gasteiger partial charge >= 0.3 is 0 Å². The van der Waals surface area contributed by atoms with E-state index in [1.165, 1.54) is 11.8 Å². The molecule has 0 bridgehead atoms. The molecule has 0 fully saturated rings. The van der Waals surface area contributed by atoms with Gasteiger partial charge in [-0.25, -0.2) is 0 Å². The first-order chi connectivity index (χ1) is 10.0. The maximum Gasteiger partial charge on any atom is 0.262 e. The molecule has 4 heteroatoms. The smallest absolute Gasteiger partial charge is 0.262 e. The molecule has 2 aromatic rings. The summed E-state index contributed by atoms with van der Waals surface area (Å²) in [6, 6.07) is 16.5. The Morgan fingerprint density at radius 1 is 1.05 bits per heavy atom. The SMILES string of the molecule is CC(=O)C1(C)Nc2ccccc2C(=O)N1c1ccccc1. The van der Waals surface area contributed by atoms with Crippen LogP contribution in [0.2, 0.25) is 0 Å². The molecule has 0 saturated heterocycles. The maximum atomic E-state index is 12.9. The van der Waals surface area contributed by atoms with Crippen molar-refractivity contribution in [3.05, 3.63) is 60.2 Å². The molecule has 0 radical (unpaired) electrons. The Kier molecular flexibility index (Phi) is 3.01. The van der Waals surface area contributed by atoms with E-state index in [0.29, 0.717) is 16.9 Å². The average molecular weight is 280 g/mol. The molecule has 0 spiro atoms. The number of hydrogen-bond acceptors (Lipinski definition) is 3. The Labute approximate surface area is 123 Å². The van der Waals surface area contributed by atoms with Crippen LogP contribution in [0.15, 0.2) is 54.6 Å². The number of carbonyl (C=O) groups is 2. The first-order valence-electron chi connectivity index (χ1n) is 6.82. The molecule has 1 atom stereocenters. The van der Waals surface area contributed by atoms with E-state index in [1.807, 2.05) is 48.5 Å². The van der Waals surface area contributed by atoms with Gasteiger partial charge in [-0.05, 0) is 38.1 Å². The molecule has 1 unspecified atom stereocenters. The monoisotopic (exact) mass is 280 g/mol. The number of benzene rings is 2. The van der Waals surface area contributed by atoms with E-state index in [0.717, 1.165) is 0 Å². The molecule has 1 amide bonds. The van der Waals surface area contributed by atoms with Crippen molar-refractivity contribution in [1.82, 2.24) is 0 Å². The van der Waals surface area contributed by atoms with Crippen molar-refractivity contribution in [2.45, 2.75) is 19.5 Å². The molecule has 2 aromatic carbocycles. The maximum absolute atomic E-state index is 12.9. The molecule has 1 aliphatic rings. The van der Waals surface area contributed by atoms with E-state index in [-0.39, 0.29) is 11.7 Å². The molecule has 1 N–H and O–H groups in total. The van der Waals surface area contributed by atoms with Gasteiger partial charge in [0, 0.05) is 11.4 Å². The molecule has 0 aromatic heterocycles. The molecule has 0 aliphatic carbocycles. The first-order valence-corrected chi connectivity index (χ1v) is 6.82. The Balaban J connectivity index is 2.20. The molecule has 3 rings (SSSR count). The number of nitrogens with zero attached hydrogens (tertiary/aromatic N) is 1. The molecule has 1 heterocycles. The number of amides is 1. The highest BCUT2D eigenvalue weighted by Gasteiger charge is 2.45. The Hall–Kier alpha value is -2.62. The van der Waals surface area contributed by atoms with E-state index in [1.54, 1.807) is 13.0 Å². The van der Waals surface area contributed by atoms with Crippen LogP contribution in [-0.2, 0) is 4.79 Å².